The molecule has 0 heterocycles. The van der Waals surface area contributed by atoms with Crippen molar-refractivity contribution < 1.29 is 9.84 Å². The zero-order valence-corrected chi connectivity index (χ0v) is 10.3. The fourth-order valence-corrected chi connectivity index (χ4v) is 2.79. The molecule has 2 aliphatic rings. The number of aliphatic hydroxyl groups excluding tert-OH is 1. The van der Waals surface area contributed by atoms with Gasteiger partial charge in [-0.1, -0.05) is 0 Å². The van der Waals surface area contributed by atoms with Gasteiger partial charge in [0, 0.05) is 12.6 Å². The second-order valence-corrected chi connectivity index (χ2v) is 5.33. The fourth-order valence-electron chi connectivity index (χ4n) is 2.79. The Morgan fingerprint density at radius 3 is 2.50 bits per heavy atom. The third kappa shape index (κ3) is 3.44. The molecule has 3 nitrogen and oxygen atoms in total. The van der Waals surface area contributed by atoms with E-state index in [-0.39, 0.29) is 6.10 Å². The number of rotatable bonds is 5. The van der Waals surface area contributed by atoms with E-state index in [1.165, 1.54) is 25.7 Å². The number of hydrogen-bond acceptors (Lipinski definition) is 3. The van der Waals surface area contributed by atoms with Crippen LogP contribution in [0.5, 0.6) is 0 Å². The topological polar surface area (TPSA) is 41.5 Å². The minimum absolute atomic E-state index is 0.0257. The third-order valence-corrected chi connectivity index (χ3v) is 4.01. The summed E-state index contributed by atoms with van der Waals surface area (Å²) in [4.78, 5) is 0. The first-order chi connectivity index (χ1) is 7.78. The normalized spacial score (nSPS) is 39.4. The van der Waals surface area contributed by atoms with Gasteiger partial charge in [0.05, 0.1) is 12.2 Å². The minimum Gasteiger partial charge on any atom is -0.393 e. The molecule has 2 fully saturated rings. The molecular formula is C13H25NO2. The van der Waals surface area contributed by atoms with E-state index >= 15 is 0 Å². The Morgan fingerprint density at radius 2 is 1.88 bits per heavy atom. The maximum Gasteiger partial charge on any atom is 0.0604 e. The Labute approximate surface area is 98.6 Å². The lowest BCUT2D eigenvalue weighted by molar-refractivity contribution is -0.0113. The third-order valence-electron chi connectivity index (χ3n) is 4.01. The summed E-state index contributed by atoms with van der Waals surface area (Å²) in [6, 6.07) is 0.684. The van der Waals surface area contributed by atoms with Gasteiger partial charge in [-0.25, -0.2) is 0 Å². The molecule has 2 saturated carbocycles. The molecule has 0 spiro atoms. The molecule has 0 aliphatic heterocycles. The van der Waals surface area contributed by atoms with Gasteiger partial charge in [0.25, 0.3) is 0 Å². The van der Waals surface area contributed by atoms with E-state index < -0.39 is 0 Å². The standard InChI is InChI=1S/C13H25NO2/c1-2-16-13-7-11(8-13)14-9-10-3-5-12(15)6-4-10/h10-15H,2-9H2,1H3. The lowest BCUT2D eigenvalue weighted by Crippen LogP contribution is -2.47. The first-order valence-corrected chi connectivity index (χ1v) is 6.81. The summed E-state index contributed by atoms with van der Waals surface area (Å²) in [5, 5.41) is 13.0. The lowest BCUT2D eigenvalue weighted by Gasteiger charge is -2.37. The van der Waals surface area contributed by atoms with Crippen LogP contribution in [0.25, 0.3) is 0 Å². The molecule has 2 aliphatic carbocycles. The second kappa shape index (κ2) is 5.99. The lowest BCUT2D eigenvalue weighted by atomic mass is 9.85. The number of nitrogens with one attached hydrogen (secondary N) is 1. The molecule has 0 amide bonds. The summed E-state index contributed by atoms with van der Waals surface area (Å²) in [5.74, 6) is 0.787. The van der Waals surface area contributed by atoms with Crippen molar-refractivity contribution in [3.8, 4) is 0 Å². The van der Waals surface area contributed by atoms with Gasteiger partial charge in [-0.3, -0.25) is 0 Å². The monoisotopic (exact) mass is 227 g/mol. The quantitative estimate of drug-likeness (QED) is 0.751. The maximum atomic E-state index is 9.42. The summed E-state index contributed by atoms with van der Waals surface area (Å²) in [6.45, 7) is 4.04. The zero-order valence-electron chi connectivity index (χ0n) is 10.3. The van der Waals surface area contributed by atoms with Gasteiger partial charge >= 0.3 is 0 Å². The molecule has 3 heteroatoms. The molecule has 94 valence electrons. The molecule has 2 N–H and O–H groups in total. The van der Waals surface area contributed by atoms with Crippen molar-refractivity contribution in [3.05, 3.63) is 0 Å². The molecule has 0 aromatic carbocycles. The van der Waals surface area contributed by atoms with Crippen molar-refractivity contribution in [2.45, 2.75) is 63.7 Å². The van der Waals surface area contributed by atoms with Crippen molar-refractivity contribution in [2.24, 2.45) is 5.92 Å². The van der Waals surface area contributed by atoms with Crippen LogP contribution in [0.1, 0.15) is 45.4 Å². The molecule has 0 unspecified atom stereocenters. The van der Waals surface area contributed by atoms with Crippen LogP contribution >= 0.6 is 0 Å². The van der Waals surface area contributed by atoms with E-state index in [2.05, 4.69) is 12.2 Å². The molecule has 0 saturated heterocycles. The molecular weight excluding hydrogens is 202 g/mol. The summed E-state index contributed by atoms with van der Waals surface area (Å²) >= 11 is 0. The molecule has 0 aromatic heterocycles. The van der Waals surface area contributed by atoms with E-state index in [0.29, 0.717) is 12.1 Å². The highest BCUT2D eigenvalue weighted by Gasteiger charge is 2.29. The SMILES string of the molecule is CCOC1CC(NCC2CCC(O)CC2)C1. The number of ether oxygens (including phenoxy) is 1. The average molecular weight is 227 g/mol. The van der Waals surface area contributed by atoms with Crippen LogP contribution in [0.3, 0.4) is 0 Å². The van der Waals surface area contributed by atoms with Crippen molar-refractivity contribution in [1.82, 2.24) is 5.32 Å². The summed E-state index contributed by atoms with van der Waals surface area (Å²) in [5.41, 5.74) is 0. The van der Waals surface area contributed by atoms with Gasteiger partial charge in [-0.2, -0.15) is 0 Å². The molecule has 2 rings (SSSR count). The first kappa shape index (κ1) is 12.3. The molecule has 0 atom stereocenters. The highest BCUT2D eigenvalue weighted by Crippen LogP contribution is 2.26. The molecule has 0 aromatic rings. The Morgan fingerprint density at radius 1 is 1.19 bits per heavy atom. The molecule has 16 heavy (non-hydrogen) atoms. The second-order valence-electron chi connectivity index (χ2n) is 5.33. The van der Waals surface area contributed by atoms with Gasteiger partial charge < -0.3 is 15.2 Å². The highest BCUT2D eigenvalue weighted by atomic mass is 16.5. The predicted molar refractivity (Wildman–Crippen MR) is 64.4 cm³/mol. The summed E-state index contributed by atoms with van der Waals surface area (Å²) < 4.78 is 5.54. The summed E-state index contributed by atoms with van der Waals surface area (Å²) in [6.07, 6.45) is 7.23. The Balaban J connectivity index is 1.52. The van der Waals surface area contributed by atoms with Crippen molar-refractivity contribution in [3.63, 3.8) is 0 Å². The zero-order chi connectivity index (χ0) is 11.4. The number of hydrogen-bond donors (Lipinski definition) is 2. The largest absolute Gasteiger partial charge is 0.393 e. The van der Waals surface area contributed by atoms with E-state index in [9.17, 15) is 5.11 Å². The Kier molecular flexibility index (Phi) is 4.62. The Bertz CT molecular complexity index is 196. The van der Waals surface area contributed by atoms with Crippen LogP contribution in [-0.2, 0) is 4.74 Å². The van der Waals surface area contributed by atoms with Crippen LogP contribution in [0.15, 0.2) is 0 Å². The maximum absolute atomic E-state index is 9.42. The van der Waals surface area contributed by atoms with E-state index in [0.717, 1.165) is 31.9 Å². The van der Waals surface area contributed by atoms with Crippen LogP contribution in [-0.4, -0.2) is 36.5 Å². The summed E-state index contributed by atoms with van der Waals surface area (Å²) in [7, 11) is 0. The van der Waals surface area contributed by atoms with Crippen molar-refractivity contribution in [2.75, 3.05) is 13.2 Å². The van der Waals surface area contributed by atoms with Crippen molar-refractivity contribution in [1.29, 1.82) is 0 Å². The Hall–Kier alpha value is -0.120. The first-order valence-electron chi connectivity index (χ1n) is 6.81. The van der Waals surface area contributed by atoms with Gasteiger partial charge in [0.1, 0.15) is 0 Å². The van der Waals surface area contributed by atoms with Gasteiger partial charge in [0.2, 0.25) is 0 Å². The van der Waals surface area contributed by atoms with Gasteiger partial charge in [-0.05, 0) is 57.9 Å². The average Bonchev–Trinajstić information content (AvgIpc) is 2.24. The minimum atomic E-state index is -0.0257. The van der Waals surface area contributed by atoms with Crippen molar-refractivity contribution >= 4 is 0 Å². The fraction of sp³-hybridized carbons (Fsp3) is 1.00. The van der Waals surface area contributed by atoms with E-state index in [1.807, 2.05) is 0 Å². The predicted octanol–water partition coefficient (Wildman–Crippen LogP) is 1.69. The van der Waals surface area contributed by atoms with Gasteiger partial charge in [0.15, 0.2) is 0 Å². The van der Waals surface area contributed by atoms with Crippen LogP contribution in [0, 0.1) is 5.92 Å². The van der Waals surface area contributed by atoms with Gasteiger partial charge in [-0.15, -0.1) is 0 Å². The van der Waals surface area contributed by atoms with Crippen LogP contribution in [0.4, 0.5) is 0 Å². The van der Waals surface area contributed by atoms with Crippen LogP contribution in [0.2, 0.25) is 0 Å². The number of aliphatic hydroxyl groups is 1. The molecule has 0 radical (unpaired) electrons. The van der Waals surface area contributed by atoms with E-state index in [1.54, 1.807) is 0 Å². The van der Waals surface area contributed by atoms with E-state index in [4.69, 9.17) is 4.74 Å². The van der Waals surface area contributed by atoms with Crippen LogP contribution < -0.4 is 5.32 Å². The smallest absolute Gasteiger partial charge is 0.0604 e. The molecule has 0 bridgehead atoms. The highest BCUT2D eigenvalue weighted by molar-refractivity contribution is 4.87.